The van der Waals surface area contributed by atoms with Crippen molar-refractivity contribution in [2.45, 2.75) is 70.7 Å². The summed E-state index contributed by atoms with van der Waals surface area (Å²) in [5.74, 6) is -0.105. The zero-order valence-corrected chi connectivity index (χ0v) is 13.3. The number of hydrogen-bond acceptors (Lipinski definition) is 3. The molecule has 106 valence electrons. The second-order valence-electron chi connectivity index (χ2n) is 5.31. The van der Waals surface area contributed by atoms with Gasteiger partial charge in [0.2, 0.25) is 0 Å². The van der Waals surface area contributed by atoms with Crippen LogP contribution in [0.1, 0.15) is 46.5 Å². The molecular formula is C14H28O3Si. The number of esters is 1. The molecule has 1 aliphatic carbocycles. The summed E-state index contributed by atoms with van der Waals surface area (Å²) in [6.07, 6.45) is 4.36. The molecule has 0 aromatic heterocycles. The molecule has 0 saturated heterocycles. The summed E-state index contributed by atoms with van der Waals surface area (Å²) < 4.78 is 11.4. The zero-order valence-electron chi connectivity index (χ0n) is 12.3. The smallest absolute Gasteiger partial charge is 0.311 e. The van der Waals surface area contributed by atoms with Gasteiger partial charge in [0.15, 0.2) is 8.32 Å². The largest absolute Gasteiger partial charge is 0.469 e. The Balaban J connectivity index is 2.74. The first-order chi connectivity index (χ1) is 8.62. The van der Waals surface area contributed by atoms with Crippen LogP contribution in [0.2, 0.25) is 18.1 Å². The maximum Gasteiger partial charge on any atom is 0.311 e. The Labute approximate surface area is 112 Å². The molecule has 1 rings (SSSR count). The molecule has 18 heavy (non-hydrogen) atoms. The molecular weight excluding hydrogens is 244 g/mol. The van der Waals surface area contributed by atoms with E-state index in [-0.39, 0.29) is 18.0 Å². The van der Waals surface area contributed by atoms with E-state index in [0.29, 0.717) is 0 Å². The molecule has 0 heterocycles. The molecule has 1 fully saturated rings. The molecule has 0 unspecified atom stereocenters. The Hall–Kier alpha value is -0.353. The van der Waals surface area contributed by atoms with Crippen LogP contribution in [0.3, 0.4) is 0 Å². The first kappa shape index (κ1) is 15.7. The Bertz CT molecular complexity index is 256. The number of hydrogen-bond donors (Lipinski definition) is 0. The number of rotatable bonds is 6. The van der Waals surface area contributed by atoms with E-state index in [4.69, 9.17) is 9.16 Å². The van der Waals surface area contributed by atoms with Gasteiger partial charge in [-0.05, 0) is 31.0 Å². The summed E-state index contributed by atoms with van der Waals surface area (Å²) in [7, 11) is -0.129. The fourth-order valence-electron chi connectivity index (χ4n) is 2.98. The van der Waals surface area contributed by atoms with Crippen LogP contribution in [-0.2, 0) is 14.0 Å². The molecule has 1 aliphatic rings. The lowest BCUT2D eigenvalue weighted by atomic mass is 9.87. The molecule has 0 aromatic rings. The van der Waals surface area contributed by atoms with Gasteiger partial charge in [-0.15, -0.1) is 0 Å². The van der Waals surface area contributed by atoms with Crippen molar-refractivity contribution >= 4 is 14.3 Å². The SMILES string of the molecule is CC[Si](CC)(CC)O[C@@H]1CCCC[C@H]1C(=O)OC. The van der Waals surface area contributed by atoms with Crippen LogP contribution in [0.15, 0.2) is 0 Å². The summed E-state index contributed by atoms with van der Waals surface area (Å²) >= 11 is 0. The Morgan fingerprint density at radius 3 is 2.17 bits per heavy atom. The Morgan fingerprint density at radius 1 is 1.11 bits per heavy atom. The highest BCUT2D eigenvalue weighted by Crippen LogP contribution is 2.33. The van der Waals surface area contributed by atoms with Crippen LogP contribution >= 0.6 is 0 Å². The fourth-order valence-corrected chi connectivity index (χ4v) is 5.90. The van der Waals surface area contributed by atoms with Gasteiger partial charge in [0.1, 0.15) is 0 Å². The molecule has 0 N–H and O–H groups in total. The van der Waals surface area contributed by atoms with Gasteiger partial charge in [-0.1, -0.05) is 33.6 Å². The average Bonchev–Trinajstić information content (AvgIpc) is 2.44. The van der Waals surface area contributed by atoms with Crippen molar-refractivity contribution in [3.05, 3.63) is 0 Å². The second-order valence-corrected chi connectivity index (χ2v) is 10.0. The molecule has 0 spiro atoms. The molecule has 0 aliphatic heterocycles. The normalized spacial score (nSPS) is 24.9. The summed E-state index contributed by atoms with van der Waals surface area (Å²) in [4.78, 5) is 11.8. The number of carbonyl (C=O) groups is 1. The standard InChI is InChI=1S/C14H28O3Si/c1-5-18(6-2,7-3)17-13-11-9-8-10-12(13)14(15)16-4/h12-13H,5-11H2,1-4H3/t12-,13-/m1/s1. The molecule has 0 radical (unpaired) electrons. The van der Waals surface area contributed by atoms with Crippen LogP contribution in [0.5, 0.6) is 0 Å². The van der Waals surface area contributed by atoms with Crippen molar-refractivity contribution in [1.29, 1.82) is 0 Å². The number of carbonyl (C=O) groups excluding carboxylic acids is 1. The highest BCUT2D eigenvalue weighted by atomic mass is 28.4. The highest BCUT2D eigenvalue weighted by molar-refractivity contribution is 6.73. The molecule has 4 heteroatoms. The van der Waals surface area contributed by atoms with Crippen LogP contribution in [-0.4, -0.2) is 27.5 Å². The Morgan fingerprint density at radius 2 is 1.67 bits per heavy atom. The second kappa shape index (κ2) is 7.29. The molecule has 1 saturated carbocycles. The highest BCUT2D eigenvalue weighted by Gasteiger charge is 2.39. The van der Waals surface area contributed by atoms with Crippen LogP contribution in [0.4, 0.5) is 0 Å². The third-order valence-electron chi connectivity index (χ3n) is 4.54. The predicted octanol–water partition coefficient (Wildman–Crippen LogP) is 3.74. The lowest BCUT2D eigenvalue weighted by molar-refractivity contribution is -0.150. The summed E-state index contributed by atoms with van der Waals surface area (Å²) in [6.45, 7) is 6.69. The first-order valence-electron chi connectivity index (χ1n) is 7.38. The third kappa shape index (κ3) is 3.57. The molecule has 0 aromatic carbocycles. The summed E-state index contributed by atoms with van der Waals surface area (Å²) in [5, 5.41) is 0. The minimum Gasteiger partial charge on any atom is -0.469 e. The van der Waals surface area contributed by atoms with E-state index < -0.39 is 8.32 Å². The van der Waals surface area contributed by atoms with E-state index >= 15 is 0 Å². The first-order valence-corrected chi connectivity index (χ1v) is 9.91. The van der Waals surface area contributed by atoms with E-state index in [1.54, 1.807) is 0 Å². The van der Waals surface area contributed by atoms with Crippen LogP contribution in [0, 0.1) is 5.92 Å². The van der Waals surface area contributed by atoms with Crippen molar-refractivity contribution in [2.75, 3.05) is 7.11 Å². The van der Waals surface area contributed by atoms with Gasteiger partial charge >= 0.3 is 5.97 Å². The Kier molecular flexibility index (Phi) is 6.36. The molecule has 3 nitrogen and oxygen atoms in total. The number of methoxy groups -OCH3 is 1. The lowest BCUT2D eigenvalue weighted by Crippen LogP contribution is -2.45. The number of ether oxygens (including phenoxy) is 1. The quantitative estimate of drug-likeness (QED) is 0.546. The minimum absolute atomic E-state index is 0.0275. The van der Waals surface area contributed by atoms with E-state index in [2.05, 4.69) is 20.8 Å². The zero-order chi connectivity index (χ0) is 13.6. The maximum atomic E-state index is 11.8. The predicted molar refractivity (Wildman–Crippen MR) is 76.0 cm³/mol. The van der Waals surface area contributed by atoms with Gasteiger partial charge < -0.3 is 9.16 Å². The van der Waals surface area contributed by atoms with Gasteiger partial charge in [-0.2, -0.15) is 0 Å². The van der Waals surface area contributed by atoms with Gasteiger partial charge in [-0.3, -0.25) is 4.79 Å². The van der Waals surface area contributed by atoms with Gasteiger partial charge in [-0.25, -0.2) is 0 Å². The van der Waals surface area contributed by atoms with Gasteiger partial charge in [0.25, 0.3) is 0 Å². The van der Waals surface area contributed by atoms with E-state index in [9.17, 15) is 4.79 Å². The maximum absolute atomic E-state index is 11.8. The van der Waals surface area contributed by atoms with E-state index in [1.807, 2.05) is 0 Å². The van der Waals surface area contributed by atoms with Crippen LogP contribution in [0.25, 0.3) is 0 Å². The van der Waals surface area contributed by atoms with Crippen molar-refractivity contribution in [1.82, 2.24) is 0 Å². The average molecular weight is 272 g/mol. The molecule has 0 amide bonds. The topological polar surface area (TPSA) is 35.5 Å². The minimum atomic E-state index is -1.61. The molecule has 2 atom stereocenters. The van der Waals surface area contributed by atoms with Crippen molar-refractivity contribution in [3.8, 4) is 0 Å². The fraction of sp³-hybridized carbons (Fsp3) is 0.929. The van der Waals surface area contributed by atoms with Crippen molar-refractivity contribution in [2.24, 2.45) is 5.92 Å². The van der Waals surface area contributed by atoms with E-state index in [0.717, 1.165) is 37.4 Å². The van der Waals surface area contributed by atoms with Crippen LogP contribution < -0.4 is 0 Å². The van der Waals surface area contributed by atoms with E-state index in [1.165, 1.54) is 13.5 Å². The summed E-state index contributed by atoms with van der Waals surface area (Å²) in [6, 6.07) is 3.43. The van der Waals surface area contributed by atoms with Gasteiger partial charge in [0, 0.05) is 0 Å². The third-order valence-corrected chi connectivity index (χ3v) is 9.21. The van der Waals surface area contributed by atoms with Gasteiger partial charge in [0.05, 0.1) is 19.1 Å². The monoisotopic (exact) mass is 272 g/mol. The van der Waals surface area contributed by atoms with Crippen molar-refractivity contribution < 1.29 is 14.0 Å². The summed E-state index contributed by atoms with van der Waals surface area (Å²) in [5.41, 5.74) is 0. The lowest BCUT2D eigenvalue weighted by Gasteiger charge is -2.38. The van der Waals surface area contributed by atoms with Crippen molar-refractivity contribution in [3.63, 3.8) is 0 Å². The molecule has 0 bridgehead atoms.